The molecule has 1 aliphatic heterocycles. The van der Waals surface area contributed by atoms with Crippen molar-refractivity contribution in [3.8, 4) is 5.75 Å². The minimum Gasteiger partial charge on any atom is -0.506 e. The van der Waals surface area contributed by atoms with Crippen molar-refractivity contribution in [2.24, 2.45) is 15.2 Å². The Morgan fingerprint density at radius 2 is 1.66 bits per heavy atom. The van der Waals surface area contributed by atoms with E-state index in [2.05, 4.69) is 25.4 Å². The number of hydrogen-bond donors (Lipinski definition) is 3. The summed E-state index contributed by atoms with van der Waals surface area (Å²) in [7, 11) is -3.57. The molecule has 3 aromatic carbocycles. The van der Waals surface area contributed by atoms with Crippen molar-refractivity contribution in [3.05, 3.63) is 74.2 Å². The molecule has 1 unspecified atom stereocenters. The fourth-order valence-corrected chi connectivity index (χ4v) is 5.12. The number of halogens is 4. The number of hydrogen-bond acceptors (Lipinski definition) is 7. The summed E-state index contributed by atoms with van der Waals surface area (Å²) in [6.07, 6.45) is 0.999. The summed E-state index contributed by atoms with van der Waals surface area (Å²) < 4.78 is 25.7. The first kappa shape index (κ1) is 27.9. The van der Waals surface area contributed by atoms with E-state index in [-0.39, 0.29) is 54.4 Å². The molecule has 4 rings (SSSR count). The van der Waals surface area contributed by atoms with E-state index in [0.29, 0.717) is 0 Å². The summed E-state index contributed by atoms with van der Waals surface area (Å²) in [6, 6.07) is 10.5. The lowest BCUT2D eigenvalue weighted by molar-refractivity contribution is -0.117. The fourth-order valence-electron chi connectivity index (χ4n) is 3.42. The second-order valence-corrected chi connectivity index (χ2v) is 11.6. The van der Waals surface area contributed by atoms with Gasteiger partial charge >= 0.3 is 0 Å². The SMILES string of the molecule is Cc1ccc(N=NC2C(=O)N(c3c(Cl)cc(Cl)cc3Cl)NC2=Nc2cc(NS(C)(=O)=O)ccc2Cl)c(O)c1. The van der Waals surface area contributed by atoms with E-state index in [1.54, 1.807) is 19.1 Å². The highest BCUT2D eigenvalue weighted by Crippen LogP contribution is 2.38. The highest BCUT2D eigenvalue weighted by atomic mass is 35.5. The minimum atomic E-state index is -3.57. The maximum atomic E-state index is 13.5. The Morgan fingerprint density at radius 1 is 0.974 bits per heavy atom. The van der Waals surface area contributed by atoms with Gasteiger partial charge in [0, 0.05) is 5.02 Å². The molecule has 10 nitrogen and oxygen atoms in total. The monoisotopic (exact) mass is 614 g/mol. The van der Waals surface area contributed by atoms with E-state index in [1.165, 1.54) is 36.4 Å². The average Bonchev–Trinajstić information content (AvgIpc) is 3.08. The molecule has 0 aromatic heterocycles. The number of rotatable bonds is 6. The number of sulfonamides is 1. The molecule has 0 spiro atoms. The van der Waals surface area contributed by atoms with Gasteiger partial charge in [0.05, 0.1) is 32.7 Å². The zero-order valence-electron chi connectivity index (χ0n) is 19.6. The first-order chi connectivity index (χ1) is 17.8. The average molecular weight is 616 g/mol. The smallest absolute Gasteiger partial charge is 0.280 e. The largest absolute Gasteiger partial charge is 0.506 e. The van der Waals surface area contributed by atoms with Gasteiger partial charge in [-0.15, -0.1) is 0 Å². The van der Waals surface area contributed by atoms with Gasteiger partial charge in [-0.25, -0.2) is 18.4 Å². The first-order valence-electron chi connectivity index (χ1n) is 10.6. The van der Waals surface area contributed by atoms with Crippen LogP contribution in [-0.2, 0) is 14.8 Å². The lowest BCUT2D eigenvalue weighted by Crippen LogP contribution is -2.36. The number of phenolic OH excluding ortho intramolecular Hbond substituents is 1. The summed E-state index contributed by atoms with van der Waals surface area (Å²) in [5.41, 5.74) is 4.18. The maximum Gasteiger partial charge on any atom is 0.280 e. The quantitative estimate of drug-likeness (QED) is 0.275. The molecule has 1 atom stereocenters. The molecular weight excluding hydrogens is 598 g/mol. The maximum absolute atomic E-state index is 13.5. The van der Waals surface area contributed by atoms with Crippen LogP contribution in [0.5, 0.6) is 5.75 Å². The molecule has 0 bridgehead atoms. The molecule has 15 heteroatoms. The van der Waals surface area contributed by atoms with Crippen LogP contribution in [-0.4, -0.2) is 37.6 Å². The molecule has 0 radical (unpaired) electrons. The van der Waals surface area contributed by atoms with Crippen molar-refractivity contribution in [2.45, 2.75) is 13.0 Å². The third kappa shape index (κ3) is 6.30. The number of phenols is 1. The number of aryl methyl sites for hydroxylation is 1. The van der Waals surface area contributed by atoms with Gasteiger partial charge in [-0.3, -0.25) is 14.9 Å². The lowest BCUT2D eigenvalue weighted by Gasteiger charge is -2.19. The third-order valence-corrected chi connectivity index (χ3v) is 6.77. The minimum absolute atomic E-state index is 0.0224. The number of benzene rings is 3. The van der Waals surface area contributed by atoms with Gasteiger partial charge in [0.2, 0.25) is 16.1 Å². The van der Waals surface area contributed by atoms with Gasteiger partial charge in [-0.2, -0.15) is 10.2 Å². The van der Waals surface area contributed by atoms with Crippen LogP contribution in [0.2, 0.25) is 20.1 Å². The van der Waals surface area contributed by atoms with Gasteiger partial charge < -0.3 is 5.11 Å². The number of amidine groups is 1. The molecule has 3 N–H and O–H groups in total. The van der Waals surface area contributed by atoms with Gasteiger partial charge in [0.25, 0.3) is 5.91 Å². The number of anilines is 2. The number of aliphatic imine (C=N–C) groups is 1. The third-order valence-electron chi connectivity index (χ3n) is 5.05. The van der Waals surface area contributed by atoms with Crippen LogP contribution in [0.25, 0.3) is 0 Å². The van der Waals surface area contributed by atoms with E-state index in [9.17, 15) is 18.3 Å². The lowest BCUT2D eigenvalue weighted by atomic mass is 10.2. The first-order valence-corrected chi connectivity index (χ1v) is 14.0. The van der Waals surface area contributed by atoms with Crippen LogP contribution < -0.4 is 15.2 Å². The zero-order chi connectivity index (χ0) is 27.8. The van der Waals surface area contributed by atoms with Crippen molar-refractivity contribution >= 4 is 90.9 Å². The summed E-state index contributed by atoms with van der Waals surface area (Å²) in [5, 5.41) is 20.0. The number of nitrogens with zero attached hydrogens (tertiary/aromatic N) is 4. The molecular formula is C23H18Cl4N6O4S. The van der Waals surface area contributed by atoms with Crippen LogP contribution in [0.4, 0.5) is 22.7 Å². The molecule has 1 fully saturated rings. The van der Waals surface area contributed by atoms with Crippen LogP contribution >= 0.6 is 46.4 Å². The highest BCUT2D eigenvalue weighted by molar-refractivity contribution is 7.92. The van der Waals surface area contributed by atoms with E-state index < -0.39 is 22.0 Å². The number of carbonyl (C=O) groups is 1. The Hall–Kier alpha value is -3.09. The van der Waals surface area contributed by atoms with Crippen molar-refractivity contribution in [3.63, 3.8) is 0 Å². The van der Waals surface area contributed by atoms with E-state index in [0.717, 1.165) is 16.8 Å². The molecule has 38 heavy (non-hydrogen) atoms. The molecule has 1 saturated heterocycles. The highest BCUT2D eigenvalue weighted by Gasteiger charge is 2.41. The van der Waals surface area contributed by atoms with Gasteiger partial charge in [-0.05, 0) is 55.0 Å². The predicted octanol–water partition coefficient (Wildman–Crippen LogP) is 6.42. The standard InChI is InChI=1S/C23H18Cl4N6O4S/c1-11-3-6-17(19(34)7-11)29-30-20-22(28-18-10-13(4-5-14(18)25)32-38(2,36)37)31-33(23(20)35)21-15(26)8-12(24)9-16(21)27/h3-10,20,32,34H,1-2H3,(H,28,31). The Balaban J connectivity index is 1.81. The molecule has 198 valence electrons. The second kappa shape index (κ2) is 11.0. The van der Waals surface area contributed by atoms with Crippen LogP contribution in [0.1, 0.15) is 5.56 Å². The Morgan fingerprint density at radius 3 is 2.29 bits per heavy atom. The Kier molecular flexibility index (Phi) is 8.05. The van der Waals surface area contributed by atoms with Crippen LogP contribution in [0.15, 0.2) is 63.8 Å². The number of aromatic hydroxyl groups is 1. The molecule has 3 aromatic rings. The summed E-state index contributed by atoms with van der Waals surface area (Å²) in [6.45, 7) is 1.80. The van der Waals surface area contributed by atoms with E-state index in [4.69, 9.17) is 46.4 Å². The zero-order valence-corrected chi connectivity index (χ0v) is 23.4. The Labute approximate surface area is 237 Å². The molecule has 1 amide bonds. The van der Waals surface area contributed by atoms with Gasteiger partial charge in [-0.1, -0.05) is 52.5 Å². The summed E-state index contributed by atoms with van der Waals surface area (Å²) >= 11 is 25.0. The molecule has 1 aliphatic rings. The van der Waals surface area contributed by atoms with Crippen molar-refractivity contribution in [2.75, 3.05) is 16.0 Å². The van der Waals surface area contributed by atoms with Crippen molar-refractivity contribution < 1.29 is 18.3 Å². The molecule has 0 saturated carbocycles. The van der Waals surface area contributed by atoms with Crippen molar-refractivity contribution in [1.29, 1.82) is 0 Å². The molecule has 0 aliphatic carbocycles. The number of carbonyl (C=O) groups excluding carboxylic acids is 1. The number of hydrazine groups is 1. The number of azo groups is 1. The fraction of sp³-hybridized carbons (Fsp3) is 0.130. The predicted molar refractivity (Wildman–Crippen MR) is 150 cm³/mol. The normalized spacial score (nSPS) is 16.9. The molecule has 1 heterocycles. The summed E-state index contributed by atoms with van der Waals surface area (Å²) in [4.78, 5) is 17.9. The van der Waals surface area contributed by atoms with Gasteiger partial charge in [0.15, 0.2) is 5.84 Å². The van der Waals surface area contributed by atoms with Gasteiger partial charge in [0.1, 0.15) is 17.1 Å². The summed E-state index contributed by atoms with van der Waals surface area (Å²) in [5.74, 6) is -0.800. The van der Waals surface area contributed by atoms with Crippen LogP contribution in [0.3, 0.4) is 0 Å². The van der Waals surface area contributed by atoms with E-state index in [1.807, 2.05) is 0 Å². The number of amides is 1. The van der Waals surface area contributed by atoms with E-state index >= 15 is 0 Å². The van der Waals surface area contributed by atoms with Crippen LogP contribution in [0, 0.1) is 6.92 Å². The van der Waals surface area contributed by atoms with Crippen molar-refractivity contribution in [1.82, 2.24) is 5.43 Å². The Bertz CT molecular complexity index is 1590. The topological polar surface area (TPSA) is 136 Å². The number of nitrogens with one attached hydrogen (secondary N) is 2. The second-order valence-electron chi connectivity index (χ2n) is 8.15.